The topological polar surface area (TPSA) is 52.7 Å². The molecule has 1 heterocycles. The molecule has 0 atom stereocenters. The lowest BCUT2D eigenvalue weighted by Crippen LogP contribution is -2.38. The Labute approximate surface area is 212 Å². The second-order valence-corrected chi connectivity index (χ2v) is 9.48. The average Bonchev–Trinajstić information content (AvgIpc) is 2.89. The van der Waals surface area contributed by atoms with Crippen molar-refractivity contribution < 1.29 is 14.0 Å². The molecule has 4 rings (SSSR count). The summed E-state index contributed by atoms with van der Waals surface area (Å²) in [5, 5.41) is 3.03. The fourth-order valence-electron chi connectivity index (χ4n) is 4.52. The van der Waals surface area contributed by atoms with Gasteiger partial charge in [0.05, 0.1) is 13.0 Å². The Morgan fingerprint density at radius 3 is 2.36 bits per heavy atom. The molecule has 36 heavy (non-hydrogen) atoms. The molecule has 188 valence electrons. The van der Waals surface area contributed by atoms with Crippen molar-refractivity contribution in [3.63, 3.8) is 0 Å². The van der Waals surface area contributed by atoms with E-state index in [2.05, 4.69) is 10.2 Å². The number of carbonyl (C=O) groups is 2. The van der Waals surface area contributed by atoms with Gasteiger partial charge >= 0.3 is 0 Å². The van der Waals surface area contributed by atoms with Crippen LogP contribution in [0.5, 0.6) is 0 Å². The zero-order valence-electron chi connectivity index (χ0n) is 20.9. The molecular weight excluding hydrogens is 453 g/mol. The normalized spacial score (nSPS) is 13.8. The second-order valence-electron chi connectivity index (χ2n) is 9.48. The fraction of sp³-hybridized carbons (Fsp3) is 0.333. The number of aryl methyl sites for hydroxylation is 1. The zero-order valence-corrected chi connectivity index (χ0v) is 20.9. The molecule has 0 radical (unpaired) electrons. The van der Waals surface area contributed by atoms with Crippen molar-refractivity contribution in [2.75, 3.05) is 31.1 Å². The molecule has 1 fully saturated rings. The minimum atomic E-state index is -0.316. The smallest absolute Gasteiger partial charge is 0.258 e. The number of rotatable bonds is 9. The molecule has 0 aliphatic carbocycles. The minimum absolute atomic E-state index is 0.0286. The van der Waals surface area contributed by atoms with E-state index in [0.717, 1.165) is 36.3 Å². The highest BCUT2D eigenvalue weighted by atomic mass is 19.1. The fourth-order valence-corrected chi connectivity index (χ4v) is 4.52. The van der Waals surface area contributed by atoms with Crippen molar-refractivity contribution in [1.29, 1.82) is 0 Å². The number of anilines is 1. The monoisotopic (exact) mass is 487 g/mol. The van der Waals surface area contributed by atoms with Gasteiger partial charge in [-0.15, -0.1) is 0 Å². The van der Waals surface area contributed by atoms with E-state index in [0.29, 0.717) is 24.3 Å². The Morgan fingerprint density at radius 2 is 1.64 bits per heavy atom. The third-order valence-corrected chi connectivity index (χ3v) is 6.58. The molecule has 0 aromatic heterocycles. The first-order valence-electron chi connectivity index (χ1n) is 12.7. The molecule has 2 amide bonds. The van der Waals surface area contributed by atoms with Crippen LogP contribution in [0.3, 0.4) is 0 Å². The first-order chi connectivity index (χ1) is 17.5. The molecule has 1 aliphatic heterocycles. The van der Waals surface area contributed by atoms with Gasteiger partial charge in [-0.2, -0.15) is 0 Å². The van der Waals surface area contributed by atoms with E-state index < -0.39 is 0 Å². The van der Waals surface area contributed by atoms with Gasteiger partial charge < -0.3 is 15.1 Å². The maximum atomic E-state index is 13.5. The highest BCUT2D eigenvalue weighted by molar-refractivity contribution is 6.06. The molecule has 1 aliphatic rings. The van der Waals surface area contributed by atoms with E-state index in [1.54, 1.807) is 17.0 Å². The number of nitrogens with zero attached hydrogens (tertiary/aromatic N) is 2. The highest BCUT2D eigenvalue weighted by Gasteiger charge is 2.19. The molecule has 3 aromatic rings. The van der Waals surface area contributed by atoms with Crippen molar-refractivity contribution >= 4 is 17.5 Å². The third-order valence-electron chi connectivity index (χ3n) is 6.58. The number of hydrogen-bond donors (Lipinski definition) is 1. The van der Waals surface area contributed by atoms with Gasteiger partial charge in [-0.25, -0.2) is 4.39 Å². The Balaban J connectivity index is 1.47. The first kappa shape index (κ1) is 25.6. The molecule has 3 aromatic carbocycles. The summed E-state index contributed by atoms with van der Waals surface area (Å²) in [6.07, 6.45) is 4.01. The third kappa shape index (κ3) is 7.25. The van der Waals surface area contributed by atoms with Crippen LogP contribution >= 0.6 is 0 Å². The molecule has 0 bridgehead atoms. The zero-order chi connectivity index (χ0) is 25.3. The van der Waals surface area contributed by atoms with Crippen molar-refractivity contribution in [3.05, 3.63) is 101 Å². The van der Waals surface area contributed by atoms with Gasteiger partial charge in [0.25, 0.3) is 5.91 Å². The average molecular weight is 488 g/mol. The summed E-state index contributed by atoms with van der Waals surface area (Å²) in [6, 6.07) is 21.1. The maximum Gasteiger partial charge on any atom is 0.258 e. The van der Waals surface area contributed by atoms with E-state index in [4.69, 9.17) is 0 Å². The first-order valence-corrected chi connectivity index (χ1v) is 12.7. The number of amides is 2. The largest absolute Gasteiger partial charge is 0.355 e. The van der Waals surface area contributed by atoms with E-state index in [-0.39, 0.29) is 24.1 Å². The van der Waals surface area contributed by atoms with Crippen molar-refractivity contribution in [2.45, 2.75) is 39.2 Å². The Morgan fingerprint density at radius 1 is 0.917 bits per heavy atom. The van der Waals surface area contributed by atoms with Gasteiger partial charge in [0.1, 0.15) is 5.82 Å². The summed E-state index contributed by atoms with van der Waals surface area (Å²) < 4.78 is 13.5. The van der Waals surface area contributed by atoms with Crippen LogP contribution in [0.2, 0.25) is 0 Å². The summed E-state index contributed by atoms with van der Waals surface area (Å²) >= 11 is 0. The summed E-state index contributed by atoms with van der Waals surface area (Å²) in [4.78, 5) is 30.2. The number of likely N-dealkylation sites (tertiary alicyclic amines) is 1. The molecule has 5 nitrogen and oxygen atoms in total. The maximum absolute atomic E-state index is 13.5. The number of halogens is 1. The predicted molar refractivity (Wildman–Crippen MR) is 142 cm³/mol. The van der Waals surface area contributed by atoms with Gasteiger partial charge in [-0.1, -0.05) is 48.4 Å². The number of nitrogens with one attached hydrogen (secondary N) is 1. The summed E-state index contributed by atoms with van der Waals surface area (Å²) in [5.74, 6) is -0.495. The van der Waals surface area contributed by atoms with Crippen molar-refractivity contribution in [3.8, 4) is 0 Å². The van der Waals surface area contributed by atoms with Crippen LogP contribution in [0.15, 0.2) is 72.8 Å². The molecule has 0 unspecified atom stereocenters. The number of carbonyl (C=O) groups excluding carboxylic acids is 2. The molecular formula is C30H34FN3O2. The van der Waals surface area contributed by atoms with Crippen molar-refractivity contribution in [2.24, 2.45) is 0 Å². The van der Waals surface area contributed by atoms with Crippen LogP contribution in [0.4, 0.5) is 10.1 Å². The number of benzene rings is 3. The van der Waals surface area contributed by atoms with Gasteiger partial charge in [-0.3, -0.25) is 9.59 Å². The van der Waals surface area contributed by atoms with E-state index >= 15 is 0 Å². The lowest BCUT2D eigenvalue weighted by Gasteiger charge is -2.26. The molecule has 1 N–H and O–H groups in total. The van der Waals surface area contributed by atoms with E-state index in [1.807, 2.05) is 55.5 Å². The van der Waals surface area contributed by atoms with Gasteiger partial charge in [0, 0.05) is 24.3 Å². The van der Waals surface area contributed by atoms with Crippen molar-refractivity contribution in [1.82, 2.24) is 10.2 Å². The molecule has 0 saturated carbocycles. The molecule has 0 spiro atoms. The van der Waals surface area contributed by atoms with Crippen LogP contribution in [0, 0.1) is 12.7 Å². The van der Waals surface area contributed by atoms with E-state index in [1.165, 1.54) is 31.4 Å². The van der Waals surface area contributed by atoms with Gasteiger partial charge in [0.15, 0.2) is 0 Å². The SMILES string of the molecule is Cc1ccc(C(=O)N(Cc2ccc(F)cc2)c2cccc(CC(=O)NCCN3CCCCC3)c2)cc1. The van der Waals surface area contributed by atoms with Gasteiger partial charge in [-0.05, 0) is 80.4 Å². The molecule has 6 heteroatoms. The van der Waals surface area contributed by atoms with Crippen LogP contribution in [-0.4, -0.2) is 42.9 Å². The van der Waals surface area contributed by atoms with Crippen LogP contribution < -0.4 is 10.2 Å². The number of hydrogen-bond acceptors (Lipinski definition) is 3. The van der Waals surface area contributed by atoms with Gasteiger partial charge in [0.2, 0.25) is 5.91 Å². The molecule has 1 saturated heterocycles. The Hall–Kier alpha value is -3.51. The lowest BCUT2D eigenvalue weighted by atomic mass is 10.1. The lowest BCUT2D eigenvalue weighted by molar-refractivity contribution is -0.120. The minimum Gasteiger partial charge on any atom is -0.355 e. The quantitative estimate of drug-likeness (QED) is 0.456. The summed E-state index contributed by atoms with van der Waals surface area (Å²) in [7, 11) is 0. The predicted octanol–water partition coefficient (Wildman–Crippen LogP) is 5.13. The Kier molecular flexibility index (Phi) is 8.85. The number of piperidine rings is 1. The Bertz CT molecular complexity index is 1160. The summed E-state index contributed by atoms with van der Waals surface area (Å²) in [5.41, 5.74) is 4.00. The second kappa shape index (κ2) is 12.5. The van der Waals surface area contributed by atoms with Crippen LogP contribution in [-0.2, 0) is 17.8 Å². The van der Waals surface area contributed by atoms with Crippen LogP contribution in [0.1, 0.15) is 46.3 Å². The highest BCUT2D eigenvalue weighted by Crippen LogP contribution is 2.23. The van der Waals surface area contributed by atoms with Crippen LogP contribution in [0.25, 0.3) is 0 Å². The standard InChI is InChI=1S/C30H34FN3O2/c1-23-8-12-26(13-9-23)30(36)34(22-24-10-14-27(31)15-11-24)28-7-5-6-25(20-28)21-29(35)32-16-19-33-17-3-2-4-18-33/h5-15,20H,2-4,16-19,21-22H2,1H3,(H,32,35). The van der Waals surface area contributed by atoms with E-state index in [9.17, 15) is 14.0 Å². The summed E-state index contributed by atoms with van der Waals surface area (Å²) in [6.45, 7) is 6.00.